The Kier molecular flexibility index (Phi) is 5.09. The number of carbonyl (C=O) groups excluding carboxylic acids is 1. The molecule has 1 aromatic carbocycles. The van der Waals surface area contributed by atoms with Crippen LogP contribution in [-0.4, -0.2) is 21.5 Å². The first-order valence-electron chi connectivity index (χ1n) is 6.06. The zero-order chi connectivity index (χ0) is 14.5. The van der Waals surface area contributed by atoms with Crippen LogP contribution in [0.25, 0.3) is 0 Å². The molecule has 4 nitrogen and oxygen atoms in total. The third-order valence-electron chi connectivity index (χ3n) is 2.61. The quantitative estimate of drug-likeness (QED) is 0.465. The van der Waals surface area contributed by atoms with Crippen LogP contribution in [0.2, 0.25) is 5.02 Å². The highest BCUT2D eigenvalue weighted by Crippen LogP contribution is 2.20. The summed E-state index contributed by atoms with van der Waals surface area (Å²) < 4.78 is 7.18. The van der Waals surface area contributed by atoms with E-state index in [0.717, 1.165) is 10.8 Å². The van der Waals surface area contributed by atoms with E-state index < -0.39 is 0 Å². The van der Waals surface area contributed by atoms with Gasteiger partial charge in [-0.05, 0) is 17.7 Å². The van der Waals surface area contributed by atoms with Crippen molar-refractivity contribution in [2.24, 2.45) is 7.05 Å². The smallest absolute Gasteiger partial charge is 0.183 e. The number of halogens is 1. The summed E-state index contributed by atoms with van der Waals surface area (Å²) in [5.74, 6) is 1.73. The Morgan fingerprint density at radius 2 is 2.10 bits per heavy atom. The summed E-state index contributed by atoms with van der Waals surface area (Å²) in [6.45, 7) is 1.48. The molecule has 0 aliphatic carbocycles. The van der Waals surface area contributed by atoms with Crippen molar-refractivity contribution in [3.8, 4) is 5.75 Å². The van der Waals surface area contributed by atoms with Crippen LogP contribution in [-0.2, 0) is 12.8 Å². The molecule has 1 heterocycles. The minimum Gasteiger partial charge on any atom is -0.479 e. The van der Waals surface area contributed by atoms with Crippen LogP contribution in [0.15, 0.2) is 30.5 Å². The number of aryl methyl sites for hydroxylation is 1. The van der Waals surface area contributed by atoms with E-state index in [0.29, 0.717) is 17.4 Å². The molecule has 0 bridgehead atoms. The highest BCUT2D eigenvalue weighted by Gasteiger charge is 2.13. The maximum absolute atomic E-state index is 11.4. The molecule has 0 saturated heterocycles. The van der Waals surface area contributed by atoms with E-state index in [9.17, 15) is 4.79 Å². The Balaban J connectivity index is 1.84. The lowest BCUT2D eigenvalue weighted by molar-refractivity contribution is 0.100. The number of rotatable bonds is 6. The van der Waals surface area contributed by atoms with Gasteiger partial charge >= 0.3 is 0 Å². The average molecular weight is 311 g/mol. The second-order valence-corrected chi connectivity index (χ2v) is 5.68. The molecular weight excluding hydrogens is 296 g/mol. The molecule has 0 aliphatic heterocycles. The molecule has 0 fully saturated rings. The van der Waals surface area contributed by atoms with Crippen molar-refractivity contribution in [3.63, 3.8) is 0 Å². The Hall–Kier alpha value is -1.46. The van der Waals surface area contributed by atoms with E-state index in [1.165, 1.54) is 12.5 Å². The van der Waals surface area contributed by atoms with Crippen molar-refractivity contribution in [3.05, 3.63) is 46.7 Å². The first kappa shape index (κ1) is 14.9. The molecule has 0 atom stereocenters. The summed E-state index contributed by atoms with van der Waals surface area (Å²) >= 11 is 7.45. The monoisotopic (exact) mass is 310 g/mol. The maximum Gasteiger partial charge on any atom is 0.183 e. The van der Waals surface area contributed by atoms with Gasteiger partial charge in [0.2, 0.25) is 0 Å². The molecule has 0 radical (unpaired) electrons. The van der Waals surface area contributed by atoms with E-state index in [4.69, 9.17) is 16.3 Å². The van der Waals surface area contributed by atoms with Crippen molar-refractivity contribution in [1.29, 1.82) is 0 Å². The number of thioether (sulfide) groups is 1. The Bertz CT molecular complexity index is 596. The van der Waals surface area contributed by atoms with Crippen LogP contribution in [0, 0.1) is 0 Å². The summed E-state index contributed by atoms with van der Waals surface area (Å²) in [6.07, 6.45) is 1.71. The van der Waals surface area contributed by atoms with Gasteiger partial charge in [0.25, 0.3) is 0 Å². The number of carbonyl (C=O) groups is 1. The van der Waals surface area contributed by atoms with Crippen molar-refractivity contribution >= 4 is 29.1 Å². The van der Waals surface area contributed by atoms with Crippen LogP contribution in [0.5, 0.6) is 5.75 Å². The number of Topliss-reactive ketones (excluding diaryl/α,β-unsaturated/α-hetero) is 1. The summed E-state index contributed by atoms with van der Waals surface area (Å²) in [7, 11) is 1.76. The fourth-order valence-electron chi connectivity index (χ4n) is 1.66. The van der Waals surface area contributed by atoms with Gasteiger partial charge in [-0.2, -0.15) is 5.10 Å². The molecule has 6 heteroatoms. The second kappa shape index (κ2) is 6.81. The Morgan fingerprint density at radius 1 is 1.40 bits per heavy atom. The lowest BCUT2D eigenvalue weighted by atomic mass is 10.2. The first-order chi connectivity index (χ1) is 9.56. The normalized spacial score (nSPS) is 10.6. The minimum atomic E-state index is -0.0942. The number of nitrogens with zero attached hydrogens (tertiary/aromatic N) is 2. The van der Waals surface area contributed by atoms with E-state index in [2.05, 4.69) is 5.10 Å². The van der Waals surface area contributed by atoms with Gasteiger partial charge in [-0.15, -0.1) is 11.8 Å². The number of hydrogen-bond acceptors (Lipinski definition) is 4. The average Bonchev–Trinajstić information content (AvgIpc) is 2.78. The van der Waals surface area contributed by atoms with Crippen molar-refractivity contribution < 1.29 is 9.53 Å². The second-order valence-electron chi connectivity index (χ2n) is 4.31. The van der Waals surface area contributed by atoms with Gasteiger partial charge < -0.3 is 4.74 Å². The molecule has 0 aliphatic rings. The van der Waals surface area contributed by atoms with Crippen LogP contribution in [0.1, 0.15) is 23.0 Å². The fraction of sp³-hybridized carbons (Fsp3) is 0.286. The van der Waals surface area contributed by atoms with Crippen molar-refractivity contribution in [2.45, 2.75) is 12.7 Å². The molecule has 106 valence electrons. The fourth-order valence-corrected chi connectivity index (χ4v) is 2.51. The summed E-state index contributed by atoms with van der Waals surface area (Å²) in [6, 6.07) is 7.71. The number of hydrogen-bond donors (Lipinski definition) is 0. The summed E-state index contributed by atoms with van der Waals surface area (Å²) in [5, 5.41) is 4.81. The van der Waals surface area contributed by atoms with Gasteiger partial charge in [-0.3, -0.25) is 9.48 Å². The van der Waals surface area contributed by atoms with Crippen LogP contribution in [0.3, 0.4) is 0 Å². The molecular formula is C14H15ClN2O2S. The topological polar surface area (TPSA) is 44.1 Å². The van der Waals surface area contributed by atoms with Gasteiger partial charge in [0.15, 0.2) is 17.2 Å². The van der Waals surface area contributed by atoms with Crippen LogP contribution in [0.4, 0.5) is 0 Å². The third kappa shape index (κ3) is 4.02. The standard InChI is InChI=1S/C14H15ClN2O2S/c1-10(18)14-13(7-17(2)16-14)19-9-20-8-11-3-5-12(15)6-4-11/h3-7H,8-9H2,1-2H3. The molecule has 2 aromatic rings. The van der Waals surface area contributed by atoms with E-state index >= 15 is 0 Å². The van der Waals surface area contributed by atoms with Gasteiger partial charge in [0, 0.05) is 24.7 Å². The number of ether oxygens (including phenoxy) is 1. The van der Waals surface area contributed by atoms with Crippen LogP contribution < -0.4 is 4.74 Å². The predicted molar refractivity (Wildman–Crippen MR) is 81.5 cm³/mol. The molecule has 1 aromatic heterocycles. The number of ketones is 1. The van der Waals surface area contributed by atoms with Crippen LogP contribution >= 0.6 is 23.4 Å². The minimum absolute atomic E-state index is 0.0942. The number of benzene rings is 1. The van der Waals surface area contributed by atoms with Gasteiger partial charge in [-0.25, -0.2) is 0 Å². The third-order valence-corrected chi connectivity index (χ3v) is 3.68. The SMILES string of the molecule is CC(=O)c1nn(C)cc1OCSCc1ccc(Cl)cc1. The lowest BCUT2D eigenvalue weighted by Crippen LogP contribution is -2.00. The zero-order valence-corrected chi connectivity index (χ0v) is 12.9. The van der Waals surface area contributed by atoms with Crippen molar-refractivity contribution in [2.75, 3.05) is 5.94 Å². The molecule has 20 heavy (non-hydrogen) atoms. The Morgan fingerprint density at radius 3 is 2.75 bits per heavy atom. The lowest BCUT2D eigenvalue weighted by Gasteiger charge is -2.05. The van der Waals surface area contributed by atoms with E-state index in [-0.39, 0.29) is 5.78 Å². The van der Waals surface area contributed by atoms with Crippen molar-refractivity contribution in [1.82, 2.24) is 9.78 Å². The van der Waals surface area contributed by atoms with Gasteiger partial charge in [-0.1, -0.05) is 23.7 Å². The summed E-state index contributed by atoms with van der Waals surface area (Å²) in [4.78, 5) is 11.4. The summed E-state index contributed by atoms with van der Waals surface area (Å²) in [5.41, 5.74) is 1.56. The predicted octanol–water partition coefficient (Wildman–Crippen LogP) is 3.55. The highest BCUT2D eigenvalue weighted by molar-refractivity contribution is 7.98. The van der Waals surface area contributed by atoms with Gasteiger partial charge in [0.1, 0.15) is 5.94 Å². The van der Waals surface area contributed by atoms with E-state index in [1.807, 2.05) is 24.3 Å². The molecule has 0 N–H and O–H groups in total. The van der Waals surface area contributed by atoms with Gasteiger partial charge in [0.05, 0.1) is 6.20 Å². The zero-order valence-electron chi connectivity index (χ0n) is 11.3. The largest absolute Gasteiger partial charge is 0.479 e. The molecule has 0 saturated carbocycles. The molecule has 2 rings (SSSR count). The molecule has 0 amide bonds. The van der Waals surface area contributed by atoms with E-state index in [1.54, 1.807) is 29.7 Å². The molecule has 0 spiro atoms. The molecule has 0 unspecified atom stereocenters. The first-order valence-corrected chi connectivity index (χ1v) is 7.59. The highest BCUT2D eigenvalue weighted by atomic mass is 35.5. The maximum atomic E-state index is 11.4. The Labute approximate surface area is 127 Å². The number of aromatic nitrogens is 2.